The second-order valence-electron chi connectivity index (χ2n) is 22.6. The van der Waals surface area contributed by atoms with Gasteiger partial charge < -0.3 is 14.7 Å². The summed E-state index contributed by atoms with van der Waals surface area (Å²) in [7, 11) is 0. The maximum Gasteiger partial charge on any atom is 0.252 e. The maximum atomic E-state index is 2.60. The molecule has 4 heteroatoms. The molecule has 2 aliphatic heterocycles. The number of benzene rings is 7. The van der Waals surface area contributed by atoms with Crippen molar-refractivity contribution in [1.29, 1.82) is 0 Å². The Bertz CT molecular complexity index is 2760. The minimum atomic E-state index is -0.00411. The van der Waals surface area contributed by atoms with Gasteiger partial charge in [0.1, 0.15) is 0 Å². The molecule has 7 aromatic rings. The topological polar surface area (TPSA) is 9.72 Å². The highest BCUT2D eigenvalue weighted by molar-refractivity contribution is 7.00. The summed E-state index contributed by atoms with van der Waals surface area (Å²) in [6.45, 7) is 32.7. The standard InChI is InChI=1S/C64H74BN3/c1-15-61(7,8)45-23-33-51(34-24-45)67-56-37-27-47(63(11,12)17-3)39-54(56)65-55-40-48(64(13,14)18-4)28-38-57(55)68(52-35-25-46(26-36-52)62(9,10)16-2)59-42-53(41-58(67)60(59)65)66(49-29-19-43(5)20-30-49)50-31-21-44(6)22-32-50/h19-42H,15-18H2,1-14H3. The zero-order valence-corrected chi connectivity index (χ0v) is 43.6. The van der Waals surface area contributed by atoms with Gasteiger partial charge in [0.15, 0.2) is 0 Å². The van der Waals surface area contributed by atoms with Gasteiger partial charge in [-0.25, -0.2) is 0 Å². The SMILES string of the molecule is CCC(C)(C)c1ccc(N2c3ccc(C(C)(C)CC)cc3B3c4cc(C(C)(C)CC)ccc4N(c4ccc(C(C)(C)CC)cc4)c4cc(N(c5ccc(C)cc5)c5ccc(C)cc5)cc2c43)cc1. The van der Waals surface area contributed by atoms with Crippen LogP contribution in [0.2, 0.25) is 0 Å². The molecule has 348 valence electrons. The molecule has 0 saturated heterocycles. The van der Waals surface area contributed by atoms with Gasteiger partial charge in [-0.15, -0.1) is 0 Å². The summed E-state index contributed by atoms with van der Waals surface area (Å²) in [6, 6.07) is 56.9. The second kappa shape index (κ2) is 17.5. The zero-order valence-electron chi connectivity index (χ0n) is 43.6. The van der Waals surface area contributed by atoms with Crippen molar-refractivity contribution in [3.8, 4) is 0 Å². The number of nitrogens with zero attached hydrogens (tertiary/aromatic N) is 3. The monoisotopic (exact) mass is 896 g/mol. The molecule has 0 spiro atoms. The molecule has 3 nitrogen and oxygen atoms in total. The Balaban J connectivity index is 1.43. The molecule has 7 aromatic carbocycles. The lowest BCUT2D eigenvalue weighted by Crippen LogP contribution is -2.61. The van der Waals surface area contributed by atoms with Crippen LogP contribution < -0.4 is 31.1 Å². The van der Waals surface area contributed by atoms with Gasteiger partial charge in [0.2, 0.25) is 0 Å². The molecule has 0 radical (unpaired) electrons. The smallest absolute Gasteiger partial charge is 0.252 e. The maximum absolute atomic E-state index is 2.60. The van der Waals surface area contributed by atoms with Crippen molar-refractivity contribution < 1.29 is 0 Å². The molecule has 0 saturated carbocycles. The normalized spacial score (nSPS) is 13.6. The first-order valence-electron chi connectivity index (χ1n) is 25.5. The Hall–Kier alpha value is -6.00. The van der Waals surface area contributed by atoms with Crippen molar-refractivity contribution >= 4 is 74.3 Å². The number of hydrogen-bond donors (Lipinski definition) is 0. The first-order chi connectivity index (χ1) is 32.3. The highest BCUT2D eigenvalue weighted by Gasteiger charge is 2.45. The molecule has 0 aromatic heterocycles. The van der Waals surface area contributed by atoms with Crippen molar-refractivity contribution in [3.63, 3.8) is 0 Å². The van der Waals surface area contributed by atoms with E-state index in [0.29, 0.717) is 0 Å². The number of anilines is 9. The number of rotatable bonds is 13. The average molecular weight is 896 g/mol. The van der Waals surface area contributed by atoms with Crippen LogP contribution in [-0.2, 0) is 21.7 Å². The molecule has 0 aliphatic carbocycles. The third kappa shape index (κ3) is 8.16. The van der Waals surface area contributed by atoms with Crippen molar-refractivity contribution in [2.75, 3.05) is 14.7 Å². The fourth-order valence-corrected chi connectivity index (χ4v) is 10.3. The van der Waals surface area contributed by atoms with Crippen molar-refractivity contribution in [3.05, 3.63) is 179 Å². The van der Waals surface area contributed by atoms with Crippen molar-refractivity contribution in [1.82, 2.24) is 0 Å². The van der Waals surface area contributed by atoms with E-state index in [-0.39, 0.29) is 28.4 Å². The average Bonchev–Trinajstić information content (AvgIpc) is 3.34. The number of hydrogen-bond acceptors (Lipinski definition) is 3. The fourth-order valence-electron chi connectivity index (χ4n) is 10.3. The second-order valence-corrected chi connectivity index (χ2v) is 22.6. The van der Waals surface area contributed by atoms with Crippen LogP contribution in [0.25, 0.3) is 0 Å². The van der Waals surface area contributed by atoms with E-state index in [4.69, 9.17) is 0 Å². The van der Waals surface area contributed by atoms with E-state index in [9.17, 15) is 0 Å². The third-order valence-corrected chi connectivity index (χ3v) is 16.8. The van der Waals surface area contributed by atoms with E-state index < -0.39 is 0 Å². The van der Waals surface area contributed by atoms with Gasteiger partial charge >= 0.3 is 0 Å². The summed E-state index contributed by atoms with van der Waals surface area (Å²) in [5, 5.41) is 0. The molecule has 9 rings (SSSR count). The molecule has 2 aliphatic rings. The lowest BCUT2D eigenvalue weighted by atomic mass is 9.33. The van der Waals surface area contributed by atoms with Crippen LogP contribution in [0.15, 0.2) is 146 Å². The van der Waals surface area contributed by atoms with Crippen molar-refractivity contribution in [2.24, 2.45) is 0 Å². The van der Waals surface area contributed by atoms with Crippen LogP contribution in [0.3, 0.4) is 0 Å². The molecular formula is C64H74BN3. The molecular weight excluding hydrogens is 822 g/mol. The Morgan fingerprint density at radius 2 is 0.691 bits per heavy atom. The summed E-state index contributed by atoms with van der Waals surface area (Å²) >= 11 is 0. The van der Waals surface area contributed by atoms with Gasteiger partial charge in [0.25, 0.3) is 6.71 Å². The minimum Gasteiger partial charge on any atom is -0.311 e. The predicted octanol–water partition coefficient (Wildman–Crippen LogP) is 16.6. The Morgan fingerprint density at radius 3 is 1.03 bits per heavy atom. The van der Waals surface area contributed by atoms with Crippen LogP contribution >= 0.6 is 0 Å². The Labute approximate surface area is 410 Å². The summed E-state index contributed by atoms with van der Waals surface area (Å²) < 4.78 is 0. The van der Waals surface area contributed by atoms with Crippen molar-refractivity contribution in [2.45, 2.75) is 144 Å². The van der Waals surface area contributed by atoms with E-state index >= 15 is 0 Å². The molecule has 68 heavy (non-hydrogen) atoms. The van der Waals surface area contributed by atoms with Crippen LogP contribution in [0, 0.1) is 13.8 Å². The first kappa shape index (κ1) is 47.1. The number of fused-ring (bicyclic) bond motifs is 4. The third-order valence-electron chi connectivity index (χ3n) is 16.8. The molecule has 0 atom stereocenters. The first-order valence-corrected chi connectivity index (χ1v) is 25.5. The minimum absolute atomic E-state index is 0.00411. The molecule has 0 fully saturated rings. The molecule has 0 bridgehead atoms. The van der Waals surface area contributed by atoms with Crippen LogP contribution in [-0.4, -0.2) is 6.71 Å². The van der Waals surface area contributed by atoms with E-state index in [1.54, 1.807) is 0 Å². The highest BCUT2D eigenvalue weighted by atomic mass is 15.2. The lowest BCUT2D eigenvalue weighted by molar-refractivity contribution is 0.506. The van der Waals surface area contributed by atoms with Gasteiger partial charge in [-0.05, 0) is 173 Å². The van der Waals surface area contributed by atoms with Gasteiger partial charge in [-0.1, -0.05) is 167 Å². The predicted molar refractivity (Wildman–Crippen MR) is 298 cm³/mol. The molecule has 0 amide bonds. The van der Waals surface area contributed by atoms with E-state index in [1.165, 1.54) is 83.9 Å². The van der Waals surface area contributed by atoms with Gasteiger partial charge in [0, 0.05) is 45.5 Å². The summed E-state index contributed by atoms with van der Waals surface area (Å²) in [5.74, 6) is 0. The van der Waals surface area contributed by atoms with Gasteiger partial charge in [0.05, 0.1) is 5.69 Å². The molecule has 2 heterocycles. The Morgan fingerprint density at radius 1 is 0.368 bits per heavy atom. The van der Waals surface area contributed by atoms with Gasteiger partial charge in [-0.2, -0.15) is 0 Å². The summed E-state index contributed by atoms with van der Waals surface area (Å²) in [6.07, 6.45) is 4.25. The zero-order chi connectivity index (χ0) is 48.5. The van der Waals surface area contributed by atoms with E-state index in [1.807, 2.05) is 0 Å². The fraction of sp³-hybridized carbons (Fsp3) is 0.344. The van der Waals surface area contributed by atoms with Crippen LogP contribution in [0.4, 0.5) is 51.2 Å². The quantitative estimate of drug-likeness (QED) is 0.107. The summed E-state index contributed by atoms with van der Waals surface area (Å²) in [5.41, 5.74) is 22.8. The van der Waals surface area contributed by atoms with Gasteiger partial charge in [-0.3, -0.25) is 0 Å². The van der Waals surface area contributed by atoms with E-state index in [2.05, 4.69) is 257 Å². The number of aryl methyl sites for hydroxylation is 2. The molecule has 0 N–H and O–H groups in total. The van der Waals surface area contributed by atoms with Crippen LogP contribution in [0.5, 0.6) is 0 Å². The largest absolute Gasteiger partial charge is 0.311 e. The lowest BCUT2D eigenvalue weighted by Gasteiger charge is -2.46. The van der Waals surface area contributed by atoms with Crippen LogP contribution in [0.1, 0.15) is 142 Å². The molecule has 0 unspecified atom stereocenters. The summed E-state index contributed by atoms with van der Waals surface area (Å²) in [4.78, 5) is 7.65. The Kier molecular flexibility index (Phi) is 12.1. The van der Waals surface area contributed by atoms with E-state index in [0.717, 1.165) is 42.7 Å². The highest BCUT2D eigenvalue weighted by Crippen LogP contribution is 2.49.